The summed E-state index contributed by atoms with van der Waals surface area (Å²) < 4.78 is 38.4. The summed E-state index contributed by atoms with van der Waals surface area (Å²) in [5, 5.41) is 0. The second-order valence-electron chi connectivity index (χ2n) is 5.88. The fraction of sp³-hybridized carbons (Fsp3) is 0.333. The van der Waals surface area contributed by atoms with Crippen LogP contribution in [-0.2, 0) is 16.4 Å². The number of benzene rings is 2. The van der Waals surface area contributed by atoms with Gasteiger partial charge >= 0.3 is 0 Å². The quantitative estimate of drug-likeness (QED) is 0.903. The monoisotopic (exact) mass is 347 g/mol. The molecule has 1 heterocycles. The zero-order valence-electron chi connectivity index (χ0n) is 13.8. The summed E-state index contributed by atoms with van der Waals surface area (Å²) in [6.45, 7) is 5.32. The summed E-state index contributed by atoms with van der Waals surface area (Å²) >= 11 is 0. The molecule has 1 N–H and O–H groups in total. The Morgan fingerprint density at radius 3 is 2.54 bits per heavy atom. The molecule has 128 valence electrons. The second-order valence-corrected chi connectivity index (χ2v) is 7.65. The highest BCUT2D eigenvalue weighted by molar-refractivity contribution is 7.89. The molecule has 6 heteroatoms. The number of sulfonamides is 1. The van der Waals surface area contributed by atoms with Gasteiger partial charge in [0.1, 0.15) is 13.2 Å². The summed E-state index contributed by atoms with van der Waals surface area (Å²) in [5.74, 6) is 1.05. The number of hydrogen-bond donors (Lipinski definition) is 1. The maximum absolute atomic E-state index is 12.5. The van der Waals surface area contributed by atoms with E-state index in [1.54, 1.807) is 6.07 Å². The first-order chi connectivity index (χ1) is 11.5. The van der Waals surface area contributed by atoms with Crippen molar-refractivity contribution in [3.8, 4) is 11.5 Å². The van der Waals surface area contributed by atoms with Gasteiger partial charge in [0, 0.05) is 12.6 Å². The van der Waals surface area contributed by atoms with E-state index in [0.29, 0.717) is 37.7 Å². The first-order valence-corrected chi connectivity index (χ1v) is 9.39. The van der Waals surface area contributed by atoms with Crippen LogP contribution in [0.15, 0.2) is 41.3 Å². The maximum Gasteiger partial charge on any atom is 0.240 e. The molecule has 0 radical (unpaired) electrons. The minimum atomic E-state index is -3.57. The van der Waals surface area contributed by atoms with Crippen LogP contribution < -0.4 is 14.2 Å². The highest BCUT2D eigenvalue weighted by Gasteiger charge is 2.19. The van der Waals surface area contributed by atoms with Gasteiger partial charge in [0.25, 0.3) is 0 Å². The standard InChI is InChI=1S/C18H21NO4S/c1-13-3-4-14(2)15(11-13)7-8-19-24(20,21)16-5-6-17-18(12-16)23-10-9-22-17/h3-6,11-12,19H,7-10H2,1-2H3. The Bertz CT molecular complexity index is 846. The van der Waals surface area contributed by atoms with Crippen molar-refractivity contribution in [2.75, 3.05) is 19.8 Å². The Morgan fingerprint density at radius 2 is 1.75 bits per heavy atom. The van der Waals surface area contributed by atoms with Crippen LogP contribution in [-0.4, -0.2) is 28.2 Å². The fourth-order valence-electron chi connectivity index (χ4n) is 2.66. The zero-order chi connectivity index (χ0) is 17.2. The number of hydrogen-bond acceptors (Lipinski definition) is 4. The smallest absolute Gasteiger partial charge is 0.240 e. The van der Waals surface area contributed by atoms with Crippen LogP contribution in [0.25, 0.3) is 0 Å². The molecule has 1 aliphatic rings. The van der Waals surface area contributed by atoms with E-state index in [0.717, 1.165) is 5.56 Å². The third-order valence-corrected chi connectivity index (χ3v) is 5.47. The van der Waals surface area contributed by atoms with Crippen molar-refractivity contribution in [2.45, 2.75) is 25.2 Å². The molecule has 1 aliphatic heterocycles. The lowest BCUT2D eigenvalue weighted by Gasteiger charge is -2.19. The van der Waals surface area contributed by atoms with Crippen molar-refractivity contribution in [2.24, 2.45) is 0 Å². The minimum absolute atomic E-state index is 0.188. The van der Waals surface area contributed by atoms with Gasteiger partial charge in [-0.1, -0.05) is 23.8 Å². The number of ether oxygens (including phenoxy) is 2. The molecular formula is C18H21NO4S. The average Bonchev–Trinajstić information content (AvgIpc) is 2.57. The van der Waals surface area contributed by atoms with Crippen molar-refractivity contribution in [1.82, 2.24) is 4.72 Å². The topological polar surface area (TPSA) is 64.6 Å². The van der Waals surface area contributed by atoms with E-state index in [2.05, 4.69) is 22.9 Å². The van der Waals surface area contributed by atoms with Crippen LogP contribution in [0.2, 0.25) is 0 Å². The highest BCUT2D eigenvalue weighted by Crippen LogP contribution is 2.32. The summed E-state index contributed by atoms with van der Waals surface area (Å²) in [6, 6.07) is 10.9. The van der Waals surface area contributed by atoms with E-state index in [9.17, 15) is 8.42 Å². The third kappa shape index (κ3) is 3.71. The number of nitrogens with one attached hydrogen (secondary N) is 1. The molecule has 0 unspecified atom stereocenters. The predicted octanol–water partition coefficient (Wildman–Crippen LogP) is 2.60. The van der Waals surface area contributed by atoms with E-state index in [1.165, 1.54) is 23.3 Å². The maximum atomic E-state index is 12.5. The Balaban J connectivity index is 1.69. The Kier molecular flexibility index (Phi) is 4.78. The van der Waals surface area contributed by atoms with E-state index >= 15 is 0 Å². The van der Waals surface area contributed by atoms with E-state index in [4.69, 9.17) is 9.47 Å². The lowest BCUT2D eigenvalue weighted by molar-refractivity contribution is 0.171. The van der Waals surface area contributed by atoms with Gasteiger partial charge in [-0.15, -0.1) is 0 Å². The van der Waals surface area contributed by atoms with Crippen molar-refractivity contribution in [1.29, 1.82) is 0 Å². The first-order valence-electron chi connectivity index (χ1n) is 7.91. The van der Waals surface area contributed by atoms with E-state index in [-0.39, 0.29) is 4.90 Å². The molecule has 5 nitrogen and oxygen atoms in total. The molecule has 24 heavy (non-hydrogen) atoms. The van der Waals surface area contributed by atoms with Gasteiger partial charge in [-0.3, -0.25) is 0 Å². The Morgan fingerprint density at radius 1 is 1.00 bits per heavy atom. The summed E-state index contributed by atoms with van der Waals surface area (Å²) in [6.07, 6.45) is 0.650. The average molecular weight is 347 g/mol. The fourth-order valence-corrected chi connectivity index (χ4v) is 3.71. The molecule has 0 fully saturated rings. The van der Waals surface area contributed by atoms with Gasteiger partial charge < -0.3 is 9.47 Å². The molecule has 0 saturated carbocycles. The van der Waals surface area contributed by atoms with Crippen molar-refractivity contribution in [3.05, 3.63) is 53.1 Å². The molecular weight excluding hydrogens is 326 g/mol. The normalized spacial score (nSPS) is 13.8. The number of fused-ring (bicyclic) bond motifs is 1. The largest absolute Gasteiger partial charge is 0.486 e. The Labute approximate surface area is 142 Å². The van der Waals surface area contributed by atoms with E-state index in [1.807, 2.05) is 13.8 Å². The van der Waals surface area contributed by atoms with Crippen LogP contribution in [0.4, 0.5) is 0 Å². The Hall–Kier alpha value is -2.05. The molecule has 3 rings (SSSR count). The van der Waals surface area contributed by atoms with Crippen LogP contribution >= 0.6 is 0 Å². The molecule has 2 aromatic carbocycles. The van der Waals surface area contributed by atoms with Crippen LogP contribution in [0.1, 0.15) is 16.7 Å². The number of rotatable bonds is 5. The predicted molar refractivity (Wildman–Crippen MR) is 92.2 cm³/mol. The molecule has 0 amide bonds. The summed E-state index contributed by atoms with van der Waals surface area (Å²) in [5.41, 5.74) is 3.49. The zero-order valence-corrected chi connectivity index (χ0v) is 14.7. The molecule has 0 spiro atoms. The van der Waals surface area contributed by atoms with Gasteiger partial charge in [0.2, 0.25) is 10.0 Å². The lowest BCUT2D eigenvalue weighted by Crippen LogP contribution is -2.26. The van der Waals surface area contributed by atoms with Crippen LogP contribution in [0.5, 0.6) is 11.5 Å². The van der Waals surface area contributed by atoms with E-state index < -0.39 is 10.0 Å². The number of aryl methyl sites for hydroxylation is 2. The molecule has 0 aromatic heterocycles. The van der Waals surface area contributed by atoms with Gasteiger partial charge in [-0.05, 0) is 43.5 Å². The molecule has 0 bridgehead atoms. The van der Waals surface area contributed by atoms with Gasteiger partial charge in [0.05, 0.1) is 4.90 Å². The molecule has 0 saturated heterocycles. The van der Waals surface area contributed by atoms with Crippen LogP contribution in [0.3, 0.4) is 0 Å². The second kappa shape index (κ2) is 6.83. The van der Waals surface area contributed by atoms with Crippen molar-refractivity contribution >= 4 is 10.0 Å². The highest BCUT2D eigenvalue weighted by atomic mass is 32.2. The summed E-state index contributed by atoms with van der Waals surface area (Å²) in [4.78, 5) is 0.188. The summed E-state index contributed by atoms with van der Waals surface area (Å²) in [7, 11) is -3.57. The first kappa shape index (κ1) is 16.8. The lowest BCUT2D eigenvalue weighted by atomic mass is 10.0. The van der Waals surface area contributed by atoms with Gasteiger partial charge in [-0.25, -0.2) is 13.1 Å². The van der Waals surface area contributed by atoms with Gasteiger partial charge in [-0.2, -0.15) is 0 Å². The molecule has 0 aliphatic carbocycles. The molecule has 2 aromatic rings. The molecule has 0 atom stereocenters. The minimum Gasteiger partial charge on any atom is -0.486 e. The third-order valence-electron chi connectivity index (χ3n) is 4.01. The van der Waals surface area contributed by atoms with Crippen molar-refractivity contribution in [3.63, 3.8) is 0 Å². The van der Waals surface area contributed by atoms with Crippen molar-refractivity contribution < 1.29 is 17.9 Å². The SMILES string of the molecule is Cc1ccc(C)c(CCNS(=O)(=O)c2ccc3c(c2)OCCO3)c1. The van der Waals surface area contributed by atoms with Gasteiger partial charge in [0.15, 0.2) is 11.5 Å². The van der Waals surface area contributed by atoms with Crippen LogP contribution in [0, 0.1) is 13.8 Å².